The zero-order chi connectivity index (χ0) is 22.1. The Morgan fingerprint density at radius 2 is 2.14 bits per heavy atom. The molecule has 0 saturated heterocycles. The maximum atomic E-state index is 12.9. The number of halogens is 1. The van der Waals surface area contributed by atoms with Crippen LogP contribution in [0.15, 0.2) is 16.6 Å². The minimum Gasteiger partial charge on any atom is -0.460 e. The van der Waals surface area contributed by atoms with Gasteiger partial charge >= 0.3 is 5.97 Å². The number of rotatable bonds is 7. The van der Waals surface area contributed by atoms with Gasteiger partial charge in [0, 0.05) is 6.92 Å². The number of aliphatic hydroxyl groups is 3. The van der Waals surface area contributed by atoms with E-state index in [1.807, 2.05) is 13.8 Å². The molecule has 0 aliphatic heterocycles. The van der Waals surface area contributed by atoms with Crippen LogP contribution < -0.4 is 0 Å². The summed E-state index contributed by atoms with van der Waals surface area (Å²) in [7, 11) is 0. The molecule has 2 rings (SSSR count). The number of furan rings is 1. The Kier molecular flexibility index (Phi) is 7.00. The van der Waals surface area contributed by atoms with Crippen LogP contribution in [0.5, 0.6) is 0 Å². The van der Waals surface area contributed by atoms with Gasteiger partial charge in [0.1, 0.15) is 28.1 Å². The molecule has 3 N–H and O–H groups in total. The van der Waals surface area contributed by atoms with Crippen LogP contribution in [0, 0.1) is 5.92 Å². The first-order valence-electron chi connectivity index (χ1n) is 9.62. The Morgan fingerprint density at radius 1 is 1.52 bits per heavy atom. The van der Waals surface area contributed by atoms with Gasteiger partial charge in [-0.05, 0) is 38.0 Å². The second-order valence-corrected chi connectivity index (χ2v) is 8.83. The van der Waals surface area contributed by atoms with Crippen molar-refractivity contribution in [2.45, 2.75) is 69.6 Å². The average Bonchev–Trinajstić information content (AvgIpc) is 3.07. The van der Waals surface area contributed by atoms with Gasteiger partial charge in [-0.25, -0.2) is 0 Å². The van der Waals surface area contributed by atoms with Crippen LogP contribution in [0.2, 0.25) is 0 Å². The van der Waals surface area contributed by atoms with Crippen molar-refractivity contribution in [2.75, 3.05) is 6.61 Å². The molecule has 0 aromatic carbocycles. The smallest absolute Gasteiger partial charge is 0.303 e. The van der Waals surface area contributed by atoms with Gasteiger partial charge in [-0.15, -0.1) is 11.6 Å². The van der Waals surface area contributed by atoms with Gasteiger partial charge in [-0.3, -0.25) is 9.59 Å². The Morgan fingerprint density at radius 3 is 2.66 bits per heavy atom. The summed E-state index contributed by atoms with van der Waals surface area (Å²) in [5.74, 6) is -1.64. The third-order valence-electron chi connectivity index (χ3n) is 5.56. The fourth-order valence-corrected chi connectivity index (χ4v) is 3.87. The Hall–Kier alpha value is -1.67. The molecule has 1 heterocycles. The molecule has 0 saturated carbocycles. The molecule has 29 heavy (non-hydrogen) atoms. The molecule has 1 aliphatic carbocycles. The molecule has 0 radical (unpaired) electrons. The quantitative estimate of drug-likeness (QED) is 0.451. The lowest BCUT2D eigenvalue weighted by Crippen LogP contribution is -2.52. The molecular weight excluding hydrogens is 400 g/mol. The van der Waals surface area contributed by atoms with Gasteiger partial charge in [0.15, 0.2) is 5.78 Å². The highest BCUT2D eigenvalue weighted by Crippen LogP contribution is 2.44. The van der Waals surface area contributed by atoms with Crippen molar-refractivity contribution in [1.29, 1.82) is 0 Å². The third-order valence-corrected chi connectivity index (χ3v) is 5.95. The summed E-state index contributed by atoms with van der Waals surface area (Å²) in [5.41, 5.74) is -1.32. The van der Waals surface area contributed by atoms with E-state index >= 15 is 0 Å². The molecule has 1 unspecified atom stereocenters. The summed E-state index contributed by atoms with van der Waals surface area (Å²) in [4.78, 5) is 22.8. The second kappa shape index (κ2) is 8.60. The number of carbonyl (C=O) groups excluding carboxylic acids is 2. The van der Waals surface area contributed by atoms with Gasteiger partial charge in [0.05, 0.1) is 24.2 Å². The van der Waals surface area contributed by atoms with Crippen molar-refractivity contribution >= 4 is 29.4 Å². The van der Waals surface area contributed by atoms with E-state index in [4.69, 9.17) is 20.8 Å². The zero-order valence-electron chi connectivity index (χ0n) is 17.3. The highest BCUT2D eigenvalue weighted by atomic mass is 35.5. The predicted octanol–water partition coefficient (Wildman–Crippen LogP) is 2.65. The predicted molar refractivity (Wildman–Crippen MR) is 108 cm³/mol. The van der Waals surface area contributed by atoms with Gasteiger partial charge in [0.2, 0.25) is 0 Å². The number of hydrogen-bond donors (Lipinski definition) is 3. The van der Waals surface area contributed by atoms with Gasteiger partial charge in [-0.2, -0.15) is 0 Å². The number of alkyl halides is 1. The molecule has 0 amide bonds. The van der Waals surface area contributed by atoms with Crippen molar-refractivity contribution < 1.29 is 34.1 Å². The molecule has 8 heteroatoms. The Bertz CT molecular complexity index is 793. The molecule has 0 bridgehead atoms. The van der Waals surface area contributed by atoms with E-state index in [9.17, 15) is 24.9 Å². The maximum Gasteiger partial charge on any atom is 0.303 e. The summed E-state index contributed by atoms with van der Waals surface area (Å²) in [5, 5.41) is 30.7. The molecule has 162 valence electrons. The van der Waals surface area contributed by atoms with Crippen LogP contribution in [0.3, 0.4) is 0 Å². The van der Waals surface area contributed by atoms with Crippen molar-refractivity contribution in [3.8, 4) is 0 Å². The van der Waals surface area contributed by atoms with Crippen molar-refractivity contribution in [3.63, 3.8) is 0 Å². The highest BCUT2D eigenvalue weighted by molar-refractivity contribution is 6.39. The van der Waals surface area contributed by atoms with Crippen molar-refractivity contribution in [3.05, 3.63) is 29.2 Å². The first-order valence-corrected chi connectivity index (χ1v) is 9.99. The van der Waals surface area contributed by atoms with E-state index in [-0.39, 0.29) is 23.0 Å². The Labute approximate surface area is 175 Å². The summed E-state index contributed by atoms with van der Waals surface area (Å²) in [6.07, 6.45) is 1.47. The van der Waals surface area contributed by atoms with Crippen LogP contribution in [-0.4, -0.2) is 56.4 Å². The van der Waals surface area contributed by atoms with E-state index in [0.717, 1.165) is 0 Å². The summed E-state index contributed by atoms with van der Waals surface area (Å²) >= 11 is 6.41. The molecule has 1 aromatic rings. The van der Waals surface area contributed by atoms with Crippen LogP contribution in [0.1, 0.15) is 68.8 Å². The van der Waals surface area contributed by atoms with Crippen LogP contribution in [0.25, 0.3) is 6.08 Å². The van der Waals surface area contributed by atoms with E-state index in [1.54, 1.807) is 0 Å². The molecule has 1 aromatic heterocycles. The third kappa shape index (κ3) is 4.58. The monoisotopic (exact) mass is 428 g/mol. The van der Waals surface area contributed by atoms with Crippen LogP contribution in [-0.2, 0) is 9.53 Å². The minimum atomic E-state index is -1.56. The van der Waals surface area contributed by atoms with Gasteiger partial charge in [-0.1, -0.05) is 20.3 Å². The molecule has 1 aliphatic rings. The zero-order valence-corrected chi connectivity index (χ0v) is 18.1. The number of carbonyl (C=O) groups is 2. The van der Waals surface area contributed by atoms with Crippen molar-refractivity contribution in [2.24, 2.45) is 5.92 Å². The van der Waals surface area contributed by atoms with Crippen LogP contribution in [0.4, 0.5) is 0 Å². The summed E-state index contributed by atoms with van der Waals surface area (Å²) in [6.45, 7) is 7.42. The molecule has 0 spiro atoms. The Balaban J connectivity index is 2.41. The lowest BCUT2D eigenvalue weighted by atomic mass is 9.77. The largest absolute Gasteiger partial charge is 0.460 e. The number of ketones is 1. The van der Waals surface area contributed by atoms with E-state index in [0.29, 0.717) is 6.42 Å². The maximum absolute atomic E-state index is 12.9. The van der Waals surface area contributed by atoms with Gasteiger partial charge < -0.3 is 24.5 Å². The standard InChI is InChI=1S/C21H29ClO7/c1-6-11(2)17(25)20(4,27)8-7-13-9-14-16(29-13)15(10-23)19(28-12(3)24)21(5,22)18(14)26/h7-9,11,15,17,19,23,25,27H,6,10H2,1-5H3/b8-7+/t11?,15-,17-,19+,20+,21+/m1/s1. The van der Waals surface area contributed by atoms with Crippen molar-refractivity contribution in [1.82, 2.24) is 0 Å². The summed E-state index contributed by atoms with van der Waals surface area (Å²) in [6, 6.07) is 1.47. The molecule has 6 atom stereocenters. The van der Waals surface area contributed by atoms with E-state index in [1.165, 1.54) is 39.0 Å². The lowest BCUT2D eigenvalue weighted by Gasteiger charge is -2.38. The molecular formula is C21H29ClO7. The number of fused-ring (bicyclic) bond motifs is 1. The number of ether oxygens (including phenoxy) is 1. The number of Topliss-reactive ketones (excluding diaryl/α,β-unsaturated/α-hetero) is 1. The normalized spacial score (nSPS) is 28.7. The fraction of sp³-hybridized carbons (Fsp3) is 0.619. The number of aliphatic hydroxyl groups excluding tert-OH is 2. The van der Waals surface area contributed by atoms with Crippen LogP contribution >= 0.6 is 11.6 Å². The second-order valence-electron chi connectivity index (χ2n) is 8.04. The fourth-order valence-electron chi connectivity index (χ4n) is 3.57. The summed E-state index contributed by atoms with van der Waals surface area (Å²) < 4.78 is 11.0. The number of hydrogen-bond acceptors (Lipinski definition) is 7. The van der Waals surface area contributed by atoms with E-state index in [2.05, 4.69) is 0 Å². The van der Waals surface area contributed by atoms with E-state index < -0.39 is 47.0 Å². The SMILES string of the molecule is CCC(C)[C@@H](O)[C@@](C)(O)/C=C/c1cc2c(o1)[C@@H](CO)[C@H](OC(C)=O)[C@@](C)(Cl)C2=O. The average molecular weight is 429 g/mol. The minimum absolute atomic E-state index is 0.124. The first-order chi connectivity index (χ1) is 13.4. The molecule has 0 fully saturated rings. The topological polar surface area (TPSA) is 117 Å². The first kappa shape index (κ1) is 23.6. The van der Waals surface area contributed by atoms with Gasteiger partial charge in [0.25, 0.3) is 0 Å². The number of esters is 1. The lowest BCUT2D eigenvalue weighted by molar-refractivity contribution is -0.149. The highest BCUT2D eigenvalue weighted by Gasteiger charge is 2.53. The molecule has 7 nitrogen and oxygen atoms in total.